The summed E-state index contributed by atoms with van der Waals surface area (Å²) < 4.78 is 26.4. The van der Waals surface area contributed by atoms with E-state index in [4.69, 9.17) is 4.42 Å². The molecular weight excluding hydrogens is 216 g/mol. The van der Waals surface area contributed by atoms with Gasteiger partial charge in [-0.1, -0.05) is 0 Å². The Morgan fingerprint density at radius 3 is 2.47 bits per heavy atom. The molecule has 0 N–H and O–H groups in total. The van der Waals surface area contributed by atoms with Gasteiger partial charge in [0.15, 0.2) is 15.6 Å². The third kappa shape index (κ3) is 2.47. The molecule has 1 rings (SSSR count). The zero-order valence-corrected chi connectivity index (χ0v) is 9.80. The fraction of sp³-hybridized carbons (Fsp3) is 0.500. The molecule has 0 radical (unpaired) electrons. The molecule has 0 aromatic carbocycles. The maximum Gasteiger partial charge on any atom is 0.160 e. The molecule has 0 aliphatic rings. The molecule has 0 amide bonds. The van der Waals surface area contributed by atoms with Crippen LogP contribution in [0.4, 0.5) is 0 Å². The minimum atomic E-state index is -3.40. The molecule has 1 heterocycles. The van der Waals surface area contributed by atoms with Crippen molar-refractivity contribution in [3.05, 3.63) is 24.2 Å². The molecule has 1 aromatic heterocycles. The summed E-state index contributed by atoms with van der Waals surface area (Å²) in [4.78, 5) is 11.7. The van der Waals surface area contributed by atoms with E-state index in [9.17, 15) is 13.2 Å². The number of carbonyl (C=O) groups is 1. The Balaban J connectivity index is 2.87. The summed E-state index contributed by atoms with van der Waals surface area (Å²) in [6, 6.07) is 3.31. The minimum absolute atomic E-state index is 0.00701. The van der Waals surface area contributed by atoms with Gasteiger partial charge in [-0.25, -0.2) is 8.42 Å². The lowest BCUT2D eigenvalue weighted by Gasteiger charge is -2.19. The van der Waals surface area contributed by atoms with Gasteiger partial charge in [-0.3, -0.25) is 4.79 Å². The summed E-state index contributed by atoms with van der Waals surface area (Å²) in [5.74, 6) is 0.122. The van der Waals surface area contributed by atoms with Gasteiger partial charge in [-0.05, 0) is 26.0 Å². The van der Waals surface area contributed by atoms with E-state index in [2.05, 4.69) is 0 Å². The van der Waals surface area contributed by atoms with E-state index in [1.807, 2.05) is 0 Å². The van der Waals surface area contributed by atoms with Crippen LogP contribution >= 0.6 is 0 Å². The second-order valence-electron chi connectivity index (χ2n) is 3.96. The van der Waals surface area contributed by atoms with Crippen LogP contribution in [0.15, 0.2) is 22.8 Å². The Kier molecular flexibility index (Phi) is 3.04. The predicted molar refractivity (Wildman–Crippen MR) is 56.3 cm³/mol. The van der Waals surface area contributed by atoms with Crippen LogP contribution in [0.3, 0.4) is 0 Å². The van der Waals surface area contributed by atoms with Crippen LogP contribution in [0.1, 0.15) is 19.6 Å². The fourth-order valence-corrected chi connectivity index (χ4v) is 1.48. The maximum atomic E-state index is 11.7. The van der Waals surface area contributed by atoms with E-state index in [1.165, 1.54) is 20.1 Å². The van der Waals surface area contributed by atoms with Crippen LogP contribution in [0.5, 0.6) is 0 Å². The lowest BCUT2D eigenvalue weighted by molar-refractivity contribution is -0.120. The van der Waals surface area contributed by atoms with Crippen molar-refractivity contribution in [2.24, 2.45) is 0 Å². The van der Waals surface area contributed by atoms with Crippen molar-refractivity contribution < 1.29 is 17.6 Å². The Labute approximate surface area is 89.2 Å². The molecule has 5 heteroatoms. The summed E-state index contributed by atoms with van der Waals surface area (Å²) in [6.45, 7) is 2.82. The second kappa shape index (κ2) is 3.81. The first kappa shape index (κ1) is 12.0. The summed E-state index contributed by atoms with van der Waals surface area (Å²) in [5.41, 5.74) is 0. The molecular formula is C10H14O4S. The normalized spacial score (nSPS) is 12.7. The van der Waals surface area contributed by atoms with Gasteiger partial charge in [-0.15, -0.1) is 0 Å². The molecule has 0 fully saturated rings. The number of ketones is 1. The lowest BCUT2D eigenvalue weighted by atomic mass is 10.0. The van der Waals surface area contributed by atoms with Crippen molar-refractivity contribution in [2.45, 2.75) is 25.0 Å². The molecule has 84 valence electrons. The highest BCUT2D eigenvalue weighted by Crippen LogP contribution is 2.19. The first-order chi connectivity index (χ1) is 6.75. The molecule has 4 nitrogen and oxygen atoms in total. The van der Waals surface area contributed by atoms with E-state index >= 15 is 0 Å². The molecule has 0 atom stereocenters. The smallest absolute Gasteiger partial charge is 0.160 e. The van der Waals surface area contributed by atoms with Crippen LogP contribution in [-0.2, 0) is 21.1 Å². The van der Waals surface area contributed by atoms with Gasteiger partial charge >= 0.3 is 0 Å². The van der Waals surface area contributed by atoms with Gasteiger partial charge in [0.05, 0.1) is 12.7 Å². The summed E-state index contributed by atoms with van der Waals surface area (Å²) in [7, 11) is -3.40. The molecule has 0 aliphatic heterocycles. The standard InChI is InChI=1S/C10H14O4S/c1-10(2,15(3,12)13)9(11)7-8-5-4-6-14-8/h4-6H,7H2,1-3H3. The van der Waals surface area contributed by atoms with Crippen LogP contribution in [0.2, 0.25) is 0 Å². The van der Waals surface area contributed by atoms with Crippen molar-refractivity contribution >= 4 is 15.6 Å². The number of hydrogen-bond acceptors (Lipinski definition) is 4. The first-order valence-corrected chi connectivity index (χ1v) is 6.39. The zero-order valence-electron chi connectivity index (χ0n) is 8.98. The molecule has 1 aromatic rings. The van der Waals surface area contributed by atoms with Crippen molar-refractivity contribution in [1.29, 1.82) is 0 Å². The van der Waals surface area contributed by atoms with Gasteiger partial charge in [0.1, 0.15) is 10.5 Å². The average Bonchev–Trinajstić information content (AvgIpc) is 2.54. The number of hydrogen-bond donors (Lipinski definition) is 0. The molecule has 0 saturated heterocycles. The highest BCUT2D eigenvalue weighted by molar-refractivity contribution is 7.92. The molecule has 0 bridgehead atoms. The summed E-state index contributed by atoms with van der Waals surface area (Å²) >= 11 is 0. The largest absolute Gasteiger partial charge is 0.469 e. The van der Waals surface area contributed by atoms with Crippen LogP contribution < -0.4 is 0 Å². The van der Waals surface area contributed by atoms with Gasteiger partial charge in [0, 0.05) is 6.26 Å². The topological polar surface area (TPSA) is 64.3 Å². The number of furan rings is 1. The Bertz CT molecular complexity index is 440. The number of rotatable bonds is 4. The summed E-state index contributed by atoms with van der Waals surface area (Å²) in [6.07, 6.45) is 2.52. The fourth-order valence-electron chi connectivity index (χ4n) is 0.991. The van der Waals surface area contributed by atoms with Crippen LogP contribution in [0, 0.1) is 0 Å². The van der Waals surface area contributed by atoms with Crippen molar-refractivity contribution in [2.75, 3.05) is 6.26 Å². The van der Waals surface area contributed by atoms with Crippen LogP contribution in [0.25, 0.3) is 0 Å². The zero-order chi connectivity index (χ0) is 11.7. The Morgan fingerprint density at radius 2 is 2.07 bits per heavy atom. The molecule has 0 spiro atoms. The Morgan fingerprint density at radius 1 is 1.47 bits per heavy atom. The third-order valence-corrected chi connectivity index (χ3v) is 4.60. The minimum Gasteiger partial charge on any atom is -0.469 e. The van der Waals surface area contributed by atoms with Gasteiger partial charge in [-0.2, -0.15) is 0 Å². The van der Waals surface area contributed by atoms with E-state index in [0.717, 1.165) is 6.26 Å². The van der Waals surface area contributed by atoms with Gasteiger partial charge < -0.3 is 4.42 Å². The van der Waals surface area contributed by atoms with Crippen LogP contribution in [-0.4, -0.2) is 25.2 Å². The van der Waals surface area contributed by atoms with Gasteiger partial charge in [0.25, 0.3) is 0 Å². The molecule has 15 heavy (non-hydrogen) atoms. The maximum absolute atomic E-state index is 11.7. The van der Waals surface area contributed by atoms with E-state index < -0.39 is 14.6 Å². The number of carbonyl (C=O) groups excluding carboxylic acids is 1. The summed E-state index contributed by atoms with van der Waals surface area (Å²) in [5, 5.41) is 0. The molecule has 0 unspecified atom stereocenters. The number of Topliss-reactive ketones (excluding diaryl/α,β-unsaturated/α-hetero) is 1. The SMILES string of the molecule is CC(C)(C(=O)Cc1ccco1)S(C)(=O)=O. The second-order valence-corrected chi connectivity index (χ2v) is 6.53. The highest BCUT2D eigenvalue weighted by Gasteiger charge is 2.38. The number of sulfone groups is 1. The van der Waals surface area contributed by atoms with Gasteiger partial charge in [0.2, 0.25) is 0 Å². The predicted octanol–water partition coefficient (Wildman–Crippen LogP) is 1.21. The van der Waals surface area contributed by atoms with Crippen molar-refractivity contribution in [1.82, 2.24) is 0 Å². The highest BCUT2D eigenvalue weighted by atomic mass is 32.2. The first-order valence-electron chi connectivity index (χ1n) is 4.50. The van der Waals surface area contributed by atoms with Crippen molar-refractivity contribution in [3.63, 3.8) is 0 Å². The molecule has 0 saturated carbocycles. The Hall–Kier alpha value is -1.10. The monoisotopic (exact) mass is 230 g/mol. The third-order valence-electron chi connectivity index (χ3n) is 2.51. The molecule has 0 aliphatic carbocycles. The van der Waals surface area contributed by atoms with Crippen molar-refractivity contribution in [3.8, 4) is 0 Å². The quantitative estimate of drug-likeness (QED) is 0.780. The van der Waals surface area contributed by atoms with E-state index in [1.54, 1.807) is 12.1 Å². The average molecular weight is 230 g/mol. The van der Waals surface area contributed by atoms with E-state index in [0.29, 0.717) is 5.76 Å². The lowest BCUT2D eigenvalue weighted by Crippen LogP contribution is -2.40. The van der Waals surface area contributed by atoms with E-state index in [-0.39, 0.29) is 12.2 Å².